The van der Waals surface area contributed by atoms with Crippen LogP contribution in [-0.4, -0.2) is 46.2 Å². The van der Waals surface area contributed by atoms with Crippen molar-refractivity contribution in [2.75, 3.05) is 13.6 Å². The lowest BCUT2D eigenvalue weighted by Gasteiger charge is -2.22. The number of hydrogen-bond donors (Lipinski definition) is 1. The maximum atomic E-state index is 12.6. The Kier molecular flexibility index (Phi) is 3.63. The van der Waals surface area contributed by atoms with E-state index >= 15 is 0 Å². The highest BCUT2D eigenvalue weighted by atomic mass is 16.3. The zero-order valence-electron chi connectivity index (χ0n) is 14.0. The maximum Gasteiger partial charge on any atom is 0.242 e. The van der Waals surface area contributed by atoms with Gasteiger partial charge in [-0.05, 0) is 24.3 Å². The molecule has 130 valence electrons. The number of amides is 3. The van der Waals surface area contributed by atoms with E-state index in [9.17, 15) is 19.5 Å². The van der Waals surface area contributed by atoms with Crippen molar-refractivity contribution in [3.05, 3.63) is 42.0 Å². The molecule has 0 radical (unpaired) electrons. The average Bonchev–Trinajstić information content (AvgIpc) is 3.26. The fourth-order valence-corrected chi connectivity index (χ4v) is 4.36. The van der Waals surface area contributed by atoms with Crippen molar-refractivity contribution in [3.63, 3.8) is 0 Å². The second kappa shape index (κ2) is 5.72. The summed E-state index contributed by atoms with van der Waals surface area (Å²) in [5.41, 5.74) is 0.622. The van der Waals surface area contributed by atoms with E-state index in [1.54, 1.807) is 31.3 Å². The van der Waals surface area contributed by atoms with Crippen molar-refractivity contribution in [3.8, 4) is 5.75 Å². The molecule has 1 aliphatic heterocycles. The summed E-state index contributed by atoms with van der Waals surface area (Å²) in [5, 5.41) is 9.82. The van der Waals surface area contributed by atoms with Crippen LogP contribution in [0.2, 0.25) is 0 Å². The van der Waals surface area contributed by atoms with Crippen LogP contribution in [0, 0.1) is 23.7 Å². The molecule has 1 saturated carbocycles. The Labute approximate surface area is 145 Å². The first-order valence-corrected chi connectivity index (χ1v) is 8.51. The molecule has 3 aliphatic rings. The third-order valence-corrected chi connectivity index (χ3v) is 5.68. The number of aromatic hydroxyl groups is 1. The van der Waals surface area contributed by atoms with Gasteiger partial charge in [0.2, 0.25) is 17.7 Å². The van der Waals surface area contributed by atoms with Crippen LogP contribution >= 0.6 is 0 Å². The highest BCUT2D eigenvalue weighted by Crippen LogP contribution is 2.52. The van der Waals surface area contributed by atoms with Crippen LogP contribution in [0.5, 0.6) is 5.75 Å². The molecule has 2 aliphatic carbocycles. The number of rotatable bonds is 4. The van der Waals surface area contributed by atoms with Gasteiger partial charge in [-0.3, -0.25) is 19.3 Å². The van der Waals surface area contributed by atoms with Gasteiger partial charge in [0.25, 0.3) is 0 Å². The third-order valence-electron chi connectivity index (χ3n) is 5.68. The highest BCUT2D eigenvalue weighted by molar-refractivity contribution is 6.08. The highest BCUT2D eigenvalue weighted by Gasteiger charge is 2.59. The van der Waals surface area contributed by atoms with Gasteiger partial charge in [-0.25, -0.2) is 0 Å². The number of allylic oxidation sites excluding steroid dienone is 2. The molecule has 4 rings (SSSR count). The van der Waals surface area contributed by atoms with Gasteiger partial charge in [-0.1, -0.05) is 30.4 Å². The summed E-state index contributed by atoms with van der Waals surface area (Å²) in [6, 6.07) is 6.79. The first-order valence-electron chi connectivity index (χ1n) is 8.51. The van der Waals surface area contributed by atoms with Crippen LogP contribution in [0.15, 0.2) is 36.4 Å². The Balaban J connectivity index is 1.44. The summed E-state index contributed by atoms with van der Waals surface area (Å²) < 4.78 is 0. The lowest BCUT2D eigenvalue weighted by molar-refractivity contribution is -0.146. The largest absolute Gasteiger partial charge is 0.508 e. The summed E-state index contributed by atoms with van der Waals surface area (Å²) in [5.74, 6) is -0.890. The minimum Gasteiger partial charge on any atom is -0.508 e. The van der Waals surface area contributed by atoms with Crippen LogP contribution in [0.1, 0.15) is 12.0 Å². The molecule has 6 heteroatoms. The first-order chi connectivity index (χ1) is 12.0. The van der Waals surface area contributed by atoms with Crippen molar-refractivity contribution < 1.29 is 19.5 Å². The van der Waals surface area contributed by atoms with Gasteiger partial charge in [-0.2, -0.15) is 0 Å². The molecule has 1 N–H and O–H groups in total. The second-order valence-corrected chi connectivity index (χ2v) is 7.14. The minimum absolute atomic E-state index is 0.118. The van der Waals surface area contributed by atoms with Gasteiger partial charge in [-0.15, -0.1) is 0 Å². The fourth-order valence-electron chi connectivity index (χ4n) is 4.36. The summed E-state index contributed by atoms with van der Waals surface area (Å²) in [6.07, 6.45) is 4.95. The molecule has 1 heterocycles. The monoisotopic (exact) mass is 340 g/mol. The number of imide groups is 1. The molecular weight excluding hydrogens is 320 g/mol. The quantitative estimate of drug-likeness (QED) is 0.659. The molecule has 4 atom stereocenters. The van der Waals surface area contributed by atoms with E-state index in [1.165, 1.54) is 4.90 Å². The molecule has 25 heavy (non-hydrogen) atoms. The smallest absolute Gasteiger partial charge is 0.242 e. The number of likely N-dealkylation sites (tertiary alicyclic amines) is 1. The Bertz CT molecular complexity index is 757. The van der Waals surface area contributed by atoms with Crippen molar-refractivity contribution in [2.24, 2.45) is 23.7 Å². The average molecular weight is 340 g/mol. The standard InChI is InChI=1S/C19H20N2O4/c1-20(9-13-4-2-3-5-14(13)22)15(23)10-21-18(24)16-11-6-7-12(8-11)17(16)19(21)25/h2-7,11-12,16-17,22H,8-10H2,1H3/t11-,12-,16-,17-/m0/s1. The molecule has 2 fully saturated rings. The van der Waals surface area contributed by atoms with E-state index < -0.39 is 0 Å². The van der Waals surface area contributed by atoms with E-state index in [2.05, 4.69) is 0 Å². The summed E-state index contributed by atoms with van der Waals surface area (Å²) in [4.78, 5) is 40.3. The van der Waals surface area contributed by atoms with E-state index in [0.29, 0.717) is 5.56 Å². The van der Waals surface area contributed by atoms with Crippen LogP contribution in [0.3, 0.4) is 0 Å². The first kappa shape index (κ1) is 15.9. The number of nitrogens with zero attached hydrogens (tertiary/aromatic N) is 2. The number of carbonyl (C=O) groups excluding carboxylic acids is 3. The van der Waals surface area contributed by atoms with Crippen LogP contribution in [0.25, 0.3) is 0 Å². The Morgan fingerprint density at radius 3 is 2.36 bits per heavy atom. The second-order valence-electron chi connectivity index (χ2n) is 7.14. The van der Waals surface area contributed by atoms with Gasteiger partial charge in [0.15, 0.2) is 0 Å². The number of carbonyl (C=O) groups is 3. The number of fused-ring (bicyclic) bond motifs is 5. The fraction of sp³-hybridized carbons (Fsp3) is 0.421. The molecule has 3 amide bonds. The lowest BCUT2D eigenvalue weighted by atomic mass is 9.85. The number of benzene rings is 1. The van der Waals surface area contributed by atoms with Crippen molar-refractivity contribution in [1.29, 1.82) is 0 Å². The predicted molar refractivity (Wildman–Crippen MR) is 89.0 cm³/mol. The van der Waals surface area contributed by atoms with E-state index in [4.69, 9.17) is 0 Å². The van der Waals surface area contributed by atoms with Gasteiger partial charge < -0.3 is 10.0 Å². The minimum atomic E-state index is -0.315. The zero-order chi connectivity index (χ0) is 17.7. The lowest BCUT2D eigenvalue weighted by Crippen LogP contribution is -2.42. The Morgan fingerprint density at radius 2 is 1.76 bits per heavy atom. The SMILES string of the molecule is CN(Cc1ccccc1O)C(=O)CN1C(=O)[C@@H]2[C@@H](C1=O)[C@H]1C=C[C@H]2C1. The predicted octanol–water partition coefficient (Wildman–Crippen LogP) is 1.16. The molecule has 1 aromatic carbocycles. The van der Waals surface area contributed by atoms with Gasteiger partial charge in [0.1, 0.15) is 12.3 Å². The van der Waals surface area contributed by atoms with Crippen LogP contribution in [-0.2, 0) is 20.9 Å². The normalized spacial score (nSPS) is 29.4. The molecule has 0 unspecified atom stereocenters. The van der Waals surface area contributed by atoms with Gasteiger partial charge >= 0.3 is 0 Å². The number of para-hydroxylation sites is 1. The molecule has 1 saturated heterocycles. The topological polar surface area (TPSA) is 77.9 Å². The third kappa shape index (κ3) is 2.44. The Hall–Kier alpha value is -2.63. The van der Waals surface area contributed by atoms with Crippen molar-refractivity contribution >= 4 is 17.7 Å². The molecular formula is C19H20N2O4. The number of likely N-dealkylation sites (N-methyl/N-ethyl adjacent to an activating group) is 1. The van der Waals surface area contributed by atoms with Crippen LogP contribution < -0.4 is 0 Å². The van der Waals surface area contributed by atoms with E-state index in [1.807, 2.05) is 12.2 Å². The molecule has 0 spiro atoms. The number of phenols is 1. The summed E-state index contributed by atoms with van der Waals surface area (Å²) in [6.45, 7) is -0.00437. The molecule has 6 nitrogen and oxygen atoms in total. The van der Waals surface area contributed by atoms with Gasteiger partial charge in [0.05, 0.1) is 11.8 Å². The van der Waals surface area contributed by atoms with Gasteiger partial charge in [0, 0.05) is 19.2 Å². The molecule has 0 aromatic heterocycles. The summed E-state index contributed by atoms with van der Waals surface area (Å²) >= 11 is 0. The summed E-state index contributed by atoms with van der Waals surface area (Å²) in [7, 11) is 1.60. The molecule has 2 bridgehead atoms. The molecule has 1 aromatic rings. The zero-order valence-corrected chi connectivity index (χ0v) is 14.0. The maximum absolute atomic E-state index is 12.6. The van der Waals surface area contributed by atoms with Crippen molar-refractivity contribution in [1.82, 2.24) is 9.80 Å². The van der Waals surface area contributed by atoms with E-state index in [0.717, 1.165) is 11.3 Å². The van der Waals surface area contributed by atoms with E-state index in [-0.39, 0.29) is 60.2 Å². The Morgan fingerprint density at radius 1 is 1.16 bits per heavy atom. The van der Waals surface area contributed by atoms with Crippen molar-refractivity contribution in [2.45, 2.75) is 13.0 Å². The number of hydrogen-bond acceptors (Lipinski definition) is 4. The van der Waals surface area contributed by atoms with Crippen LogP contribution in [0.4, 0.5) is 0 Å². The number of phenolic OH excluding ortho intramolecular Hbond substituents is 1.